The Morgan fingerprint density at radius 3 is 2.67 bits per heavy atom. The molecule has 2 heterocycles. The van der Waals surface area contributed by atoms with Gasteiger partial charge in [0.1, 0.15) is 6.10 Å². The number of ether oxygens (including phenoxy) is 2. The molecular weight excluding hydrogens is 388 g/mol. The summed E-state index contributed by atoms with van der Waals surface area (Å²) in [5.41, 5.74) is 2.59. The van der Waals surface area contributed by atoms with Crippen LogP contribution in [0.1, 0.15) is 73.6 Å². The fourth-order valence-electron chi connectivity index (χ4n) is 5.40. The largest absolute Gasteiger partial charge is 0.485 e. The molecule has 3 nitrogen and oxygen atoms in total. The third-order valence-corrected chi connectivity index (χ3v) is 12.8. The average Bonchev–Trinajstić information content (AvgIpc) is 3.09. The van der Waals surface area contributed by atoms with Crippen molar-refractivity contribution in [3.63, 3.8) is 0 Å². The van der Waals surface area contributed by atoms with Gasteiger partial charge in [-0.2, -0.15) is 0 Å². The van der Waals surface area contributed by atoms with Crippen molar-refractivity contribution >= 4 is 8.32 Å². The van der Waals surface area contributed by atoms with E-state index in [2.05, 4.69) is 73.4 Å². The van der Waals surface area contributed by atoms with Crippen molar-refractivity contribution in [3.8, 4) is 0 Å². The van der Waals surface area contributed by atoms with Gasteiger partial charge < -0.3 is 13.9 Å². The average molecular weight is 433 g/mol. The summed E-state index contributed by atoms with van der Waals surface area (Å²) < 4.78 is 19.5. The van der Waals surface area contributed by atoms with Gasteiger partial charge in [0.2, 0.25) is 0 Å². The fraction of sp³-hybridized carbons (Fsp3) is 0.769. The van der Waals surface area contributed by atoms with Crippen molar-refractivity contribution in [2.75, 3.05) is 13.2 Å². The van der Waals surface area contributed by atoms with E-state index in [1.54, 1.807) is 0 Å². The quantitative estimate of drug-likeness (QED) is 0.315. The summed E-state index contributed by atoms with van der Waals surface area (Å²) in [4.78, 5) is 0. The van der Waals surface area contributed by atoms with Crippen LogP contribution in [-0.4, -0.2) is 33.2 Å². The van der Waals surface area contributed by atoms with E-state index in [0.29, 0.717) is 12.5 Å². The second kappa shape index (κ2) is 8.25. The summed E-state index contributed by atoms with van der Waals surface area (Å²) in [6, 6.07) is 0. The Balaban J connectivity index is 1.87. The third-order valence-electron chi connectivity index (χ3n) is 8.26. The molecule has 0 radical (unpaired) electrons. The number of allylic oxidation sites excluding steroid dienone is 3. The first-order chi connectivity index (χ1) is 13.8. The van der Waals surface area contributed by atoms with Crippen LogP contribution < -0.4 is 0 Å². The Bertz CT molecular complexity index is 725. The van der Waals surface area contributed by atoms with Gasteiger partial charge in [0.05, 0.1) is 12.4 Å². The first-order valence-electron chi connectivity index (χ1n) is 11.8. The maximum atomic E-state index is 6.64. The summed E-state index contributed by atoms with van der Waals surface area (Å²) in [6.45, 7) is 24.2. The maximum Gasteiger partial charge on any atom is 0.191 e. The van der Waals surface area contributed by atoms with Crippen LogP contribution in [0.4, 0.5) is 0 Å². The van der Waals surface area contributed by atoms with Crippen molar-refractivity contribution in [2.24, 2.45) is 11.3 Å². The van der Waals surface area contributed by atoms with Crippen molar-refractivity contribution in [2.45, 2.75) is 103 Å². The Morgan fingerprint density at radius 2 is 2.03 bits per heavy atom. The molecule has 4 heteroatoms. The molecule has 3 aliphatic rings. The Morgan fingerprint density at radius 1 is 1.33 bits per heavy atom. The molecule has 1 aliphatic carbocycles. The van der Waals surface area contributed by atoms with Crippen LogP contribution in [0.15, 0.2) is 35.6 Å². The predicted octanol–water partition coefficient (Wildman–Crippen LogP) is 7.17. The highest BCUT2D eigenvalue weighted by Crippen LogP contribution is 2.60. The standard InChI is InChI=1S/C26H44O3Si/c1-19(2)11-10-14-25(7)15-12-21-18-27-23-17-20(3)29-26(21,23)22(25)13-16-28-30(8,9)24(4,5)6/h11-12,22-23H,3,10,13-18H2,1-2,4-9H3/t22-,23+,25+,26-/m1/s1. The van der Waals surface area contributed by atoms with E-state index >= 15 is 0 Å². The van der Waals surface area contributed by atoms with E-state index in [0.717, 1.165) is 44.5 Å². The summed E-state index contributed by atoms with van der Waals surface area (Å²) in [5.74, 6) is 1.27. The summed E-state index contributed by atoms with van der Waals surface area (Å²) in [7, 11) is -1.77. The van der Waals surface area contributed by atoms with Gasteiger partial charge >= 0.3 is 0 Å². The van der Waals surface area contributed by atoms with Gasteiger partial charge in [-0.15, -0.1) is 0 Å². The van der Waals surface area contributed by atoms with E-state index < -0.39 is 8.32 Å². The monoisotopic (exact) mass is 432 g/mol. The van der Waals surface area contributed by atoms with Crippen LogP contribution >= 0.6 is 0 Å². The Hall–Kier alpha value is -0.843. The minimum atomic E-state index is -1.77. The van der Waals surface area contributed by atoms with Gasteiger partial charge in [0.25, 0.3) is 0 Å². The zero-order chi connectivity index (χ0) is 22.4. The third kappa shape index (κ3) is 4.25. The molecule has 1 spiro atoms. The first kappa shape index (κ1) is 23.8. The van der Waals surface area contributed by atoms with E-state index in [1.807, 2.05) is 0 Å². The highest BCUT2D eigenvalue weighted by Gasteiger charge is 2.64. The lowest BCUT2D eigenvalue weighted by Crippen LogP contribution is -2.54. The molecule has 0 aromatic rings. The molecule has 0 aromatic heterocycles. The molecule has 170 valence electrons. The molecular formula is C26H44O3Si. The highest BCUT2D eigenvalue weighted by atomic mass is 28.4. The van der Waals surface area contributed by atoms with Gasteiger partial charge in [-0.3, -0.25) is 0 Å². The molecule has 2 aliphatic heterocycles. The molecule has 0 unspecified atom stereocenters. The van der Waals surface area contributed by atoms with E-state index in [-0.39, 0.29) is 22.2 Å². The lowest BCUT2D eigenvalue weighted by atomic mass is 9.57. The Labute approximate surface area is 186 Å². The normalized spacial score (nSPS) is 33.6. The highest BCUT2D eigenvalue weighted by molar-refractivity contribution is 6.74. The van der Waals surface area contributed by atoms with Crippen LogP contribution in [-0.2, 0) is 13.9 Å². The summed E-state index contributed by atoms with van der Waals surface area (Å²) in [6.07, 6.45) is 10.1. The van der Waals surface area contributed by atoms with Crippen molar-refractivity contribution in [3.05, 3.63) is 35.6 Å². The van der Waals surface area contributed by atoms with E-state index in [4.69, 9.17) is 13.9 Å². The fourth-order valence-corrected chi connectivity index (χ4v) is 6.46. The number of hydrogen-bond donors (Lipinski definition) is 0. The molecule has 0 saturated carbocycles. The number of hydrogen-bond acceptors (Lipinski definition) is 3. The smallest absolute Gasteiger partial charge is 0.191 e. The topological polar surface area (TPSA) is 27.7 Å². The zero-order valence-corrected chi connectivity index (χ0v) is 21.7. The van der Waals surface area contributed by atoms with Gasteiger partial charge in [-0.25, -0.2) is 0 Å². The second-order valence-corrected chi connectivity index (χ2v) is 16.6. The summed E-state index contributed by atoms with van der Waals surface area (Å²) in [5, 5.41) is 0.229. The first-order valence-corrected chi connectivity index (χ1v) is 14.7. The molecule has 0 amide bonds. The summed E-state index contributed by atoms with van der Waals surface area (Å²) >= 11 is 0. The predicted molar refractivity (Wildman–Crippen MR) is 128 cm³/mol. The molecule has 0 N–H and O–H groups in total. The lowest BCUT2D eigenvalue weighted by Gasteiger charge is -2.50. The lowest BCUT2D eigenvalue weighted by molar-refractivity contribution is -0.0882. The SMILES string of the molecule is C=C1C[C@@H]2OCC3=CC[C@](C)(CCC=C(C)C)[C@@H](CCO[Si](C)(C)C(C)(C)C)[C@]32O1. The van der Waals surface area contributed by atoms with Crippen LogP contribution in [0, 0.1) is 11.3 Å². The molecule has 2 saturated heterocycles. The molecule has 0 bridgehead atoms. The second-order valence-electron chi connectivity index (χ2n) is 11.8. The molecule has 30 heavy (non-hydrogen) atoms. The number of rotatable bonds is 7. The van der Waals surface area contributed by atoms with Crippen LogP contribution in [0.5, 0.6) is 0 Å². The minimum absolute atomic E-state index is 0.109. The van der Waals surface area contributed by atoms with E-state index in [1.165, 1.54) is 11.1 Å². The van der Waals surface area contributed by atoms with Gasteiger partial charge in [-0.1, -0.05) is 52.0 Å². The zero-order valence-electron chi connectivity index (χ0n) is 20.7. The molecule has 3 rings (SSSR count). The molecule has 2 fully saturated rings. The van der Waals surface area contributed by atoms with Gasteiger partial charge in [0, 0.05) is 18.9 Å². The van der Waals surface area contributed by atoms with Crippen molar-refractivity contribution in [1.82, 2.24) is 0 Å². The van der Waals surface area contributed by atoms with Crippen molar-refractivity contribution in [1.29, 1.82) is 0 Å². The van der Waals surface area contributed by atoms with Crippen LogP contribution in [0.2, 0.25) is 18.1 Å². The van der Waals surface area contributed by atoms with Gasteiger partial charge in [-0.05, 0) is 68.7 Å². The van der Waals surface area contributed by atoms with E-state index in [9.17, 15) is 0 Å². The van der Waals surface area contributed by atoms with Crippen LogP contribution in [0.25, 0.3) is 0 Å². The molecule has 4 atom stereocenters. The Kier molecular flexibility index (Phi) is 6.55. The maximum absolute atomic E-state index is 6.64. The van der Waals surface area contributed by atoms with Gasteiger partial charge in [0.15, 0.2) is 13.9 Å². The minimum Gasteiger partial charge on any atom is -0.485 e. The van der Waals surface area contributed by atoms with Crippen molar-refractivity contribution < 1.29 is 13.9 Å². The molecule has 0 aromatic carbocycles. The van der Waals surface area contributed by atoms with Crippen LogP contribution in [0.3, 0.4) is 0 Å².